The second kappa shape index (κ2) is 6.84. The Morgan fingerprint density at radius 3 is 2.67 bits per heavy atom. The standard InChI is InChI=1S/C14H20N4O2S/c1-12(16-8-9-21(19,20)15-2)13-10-17-18(11-13)14-6-4-3-5-7-14/h3-7,10-12,15-16H,8-9H2,1-2H3. The maximum absolute atomic E-state index is 11.3. The third-order valence-corrected chi connectivity index (χ3v) is 4.62. The first kappa shape index (κ1) is 15.7. The summed E-state index contributed by atoms with van der Waals surface area (Å²) in [4.78, 5) is 0. The lowest BCUT2D eigenvalue weighted by molar-refractivity contribution is 0.567. The molecule has 2 rings (SSSR count). The van der Waals surface area contributed by atoms with E-state index in [2.05, 4.69) is 15.1 Å². The van der Waals surface area contributed by atoms with Crippen LogP contribution in [0.5, 0.6) is 0 Å². The molecule has 0 spiro atoms. The van der Waals surface area contributed by atoms with Crippen molar-refractivity contribution in [3.05, 3.63) is 48.3 Å². The maximum Gasteiger partial charge on any atom is 0.212 e. The van der Waals surface area contributed by atoms with Gasteiger partial charge in [0.15, 0.2) is 0 Å². The molecule has 0 fully saturated rings. The Labute approximate surface area is 125 Å². The molecule has 7 heteroatoms. The van der Waals surface area contributed by atoms with E-state index in [9.17, 15) is 8.42 Å². The normalized spacial score (nSPS) is 13.2. The summed E-state index contributed by atoms with van der Waals surface area (Å²) in [6, 6.07) is 9.87. The predicted octanol–water partition coefficient (Wildman–Crippen LogP) is 1.07. The van der Waals surface area contributed by atoms with Gasteiger partial charge in [-0.3, -0.25) is 0 Å². The first-order valence-corrected chi connectivity index (χ1v) is 8.41. The summed E-state index contributed by atoms with van der Waals surface area (Å²) in [5, 5.41) is 7.51. The lowest BCUT2D eigenvalue weighted by Gasteiger charge is -2.11. The third-order valence-electron chi connectivity index (χ3n) is 3.26. The monoisotopic (exact) mass is 308 g/mol. The second-order valence-electron chi connectivity index (χ2n) is 4.75. The molecule has 2 aromatic rings. The van der Waals surface area contributed by atoms with E-state index in [-0.39, 0.29) is 11.8 Å². The van der Waals surface area contributed by atoms with Crippen LogP contribution in [0.15, 0.2) is 42.7 Å². The summed E-state index contributed by atoms with van der Waals surface area (Å²) in [5.41, 5.74) is 2.01. The van der Waals surface area contributed by atoms with Gasteiger partial charge < -0.3 is 5.32 Å². The van der Waals surface area contributed by atoms with E-state index in [0.717, 1.165) is 11.3 Å². The smallest absolute Gasteiger partial charge is 0.212 e. The number of para-hydroxylation sites is 1. The van der Waals surface area contributed by atoms with Crippen molar-refractivity contribution in [2.45, 2.75) is 13.0 Å². The first-order valence-electron chi connectivity index (χ1n) is 6.76. The van der Waals surface area contributed by atoms with Crippen molar-refractivity contribution in [2.24, 2.45) is 0 Å². The van der Waals surface area contributed by atoms with Crippen LogP contribution in [0.3, 0.4) is 0 Å². The molecule has 1 aromatic carbocycles. The number of aromatic nitrogens is 2. The molecule has 1 unspecified atom stereocenters. The van der Waals surface area contributed by atoms with Gasteiger partial charge in [-0.25, -0.2) is 17.8 Å². The van der Waals surface area contributed by atoms with Gasteiger partial charge in [0.05, 0.1) is 17.6 Å². The Bertz CT molecular complexity index is 667. The highest BCUT2D eigenvalue weighted by Crippen LogP contribution is 2.13. The van der Waals surface area contributed by atoms with E-state index < -0.39 is 10.0 Å². The SMILES string of the molecule is CNS(=O)(=O)CCNC(C)c1cnn(-c2ccccc2)c1. The van der Waals surface area contributed by atoms with Gasteiger partial charge in [0.25, 0.3) is 0 Å². The molecule has 1 aromatic heterocycles. The van der Waals surface area contributed by atoms with E-state index in [1.165, 1.54) is 7.05 Å². The van der Waals surface area contributed by atoms with E-state index in [1.807, 2.05) is 43.5 Å². The highest BCUT2D eigenvalue weighted by molar-refractivity contribution is 7.89. The van der Waals surface area contributed by atoms with Gasteiger partial charge >= 0.3 is 0 Å². The van der Waals surface area contributed by atoms with Crippen molar-refractivity contribution in [3.63, 3.8) is 0 Å². The Kier molecular flexibility index (Phi) is 5.11. The minimum absolute atomic E-state index is 0.0366. The molecule has 0 aliphatic heterocycles. The van der Waals surface area contributed by atoms with Crippen LogP contribution in [0.1, 0.15) is 18.5 Å². The average Bonchev–Trinajstić information content (AvgIpc) is 2.98. The molecular formula is C14H20N4O2S. The topological polar surface area (TPSA) is 76.0 Å². The fourth-order valence-corrected chi connectivity index (χ4v) is 2.50. The number of sulfonamides is 1. The molecular weight excluding hydrogens is 288 g/mol. The van der Waals surface area contributed by atoms with Crippen molar-refractivity contribution in [2.75, 3.05) is 19.3 Å². The van der Waals surface area contributed by atoms with Crippen LogP contribution in [0.2, 0.25) is 0 Å². The van der Waals surface area contributed by atoms with E-state index >= 15 is 0 Å². The molecule has 6 nitrogen and oxygen atoms in total. The minimum Gasteiger partial charge on any atom is -0.309 e. The van der Waals surface area contributed by atoms with E-state index in [0.29, 0.717) is 6.54 Å². The molecule has 0 aliphatic rings. The average molecular weight is 308 g/mol. The van der Waals surface area contributed by atoms with Crippen molar-refractivity contribution < 1.29 is 8.42 Å². The van der Waals surface area contributed by atoms with Crippen LogP contribution >= 0.6 is 0 Å². The van der Waals surface area contributed by atoms with E-state index in [4.69, 9.17) is 0 Å². The number of benzene rings is 1. The van der Waals surface area contributed by atoms with Gasteiger partial charge in [-0.15, -0.1) is 0 Å². The van der Waals surface area contributed by atoms with Crippen LogP contribution in [-0.4, -0.2) is 37.5 Å². The molecule has 114 valence electrons. The van der Waals surface area contributed by atoms with Crippen molar-refractivity contribution in [1.29, 1.82) is 0 Å². The summed E-state index contributed by atoms with van der Waals surface area (Å²) in [7, 11) is -1.75. The van der Waals surface area contributed by atoms with Gasteiger partial charge in [0.2, 0.25) is 10.0 Å². The molecule has 0 saturated carbocycles. The van der Waals surface area contributed by atoms with Gasteiger partial charge in [-0.2, -0.15) is 5.10 Å². The zero-order valence-corrected chi connectivity index (χ0v) is 13.0. The second-order valence-corrected chi connectivity index (χ2v) is 6.80. The number of rotatable bonds is 7. The highest BCUT2D eigenvalue weighted by Gasteiger charge is 2.11. The number of nitrogens with one attached hydrogen (secondary N) is 2. The first-order chi connectivity index (χ1) is 10.0. The van der Waals surface area contributed by atoms with E-state index in [1.54, 1.807) is 10.9 Å². The summed E-state index contributed by atoms with van der Waals surface area (Å²) in [5.74, 6) is 0.0562. The molecule has 21 heavy (non-hydrogen) atoms. The maximum atomic E-state index is 11.3. The molecule has 0 bridgehead atoms. The lowest BCUT2D eigenvalue weighted by atomic mass is 10.2. The molecule has 0 saturated heterocycles. The zero-order chi connectivity index (χ0) is 15.3. The summed E-state index contributed by atoms with van der Waals surface area (Å²) in [6.45, 7) is 2.37. The van der Waals surface area contributed by atoms with Crippen LogP contribution in [-0.2, 0) is 10.0 Å². The Morgan fingerprint density at radius 2 is 2.00 bits per heavy atom. The minimum atomic E-state index is -3.17. The third kappa shape index (κ3) is 4.38. The van der Waals surface area contributed by atoms with Gasteiger partial charge in [-0.05, 0) is 26.1 Å². The number of nitrogens with zero attached hydrogens (tertiary/aromatic N) is 2. The van der Waals surface area contributed by atoms with Crippen LogP contribution in [0, 0.1) is 0 Å². The molecule has 1 heterocycles. The largest absolute Gasteiger partial charge is 0.309 e. The van der Waals surface area contributed by atoms with Crippen molar-refractivity contribution >= 4 is 10.0 Å². The summed E-state index contributed by atoms with van der Waals surface area (Å²) < 4.78 is 26.8. The molecule has 0 amide bonds. The highest BCUT2D eigenvalue weighted by atomic mass is 32.2. The van der Waals surface area contributed by atoms with Crippen molar-refractivity contribution in [1.82, 2.24) is 19.8 Å². The molecule has 1 atom stereocenters. The molecule has 2 N–H and O–H groups in total. The van der Waals surface area contributed by atoms with Gasteiger partial charge in [-0.1, -0.05) is 18.2 Å². The van der Waals surface area contributed by atoms with Gasteiger partial charge in [0, 0.05) is 24.3 Å². The number of hydrogen-bond acceptors (Lipinski definition) is 4. The predicted molar refractivity (Wildman–Crippen MR) is 82.8 cm³/mol. The number of hydrogen-bond donors (Lipinski definition) is 2. The Morgan fingerprint density at radius 1 is 1.29 bits per heavy atom. The zero-order valence-electron chi connectivity index (χ0n) is 12.2. The van der Waals surface area contributed by atoms with Crippen molar-refractivity contribution in [3.8, 4) is 5.69 Å². The quantitative estimate of drug-likeness (QED) is 0.802. The fraction of sp³-hybridized carbons (Fsp3) is 0.357. The fourth-order valence-electron chi connectivity index (χ4n) is 1.91. The molecule has 0 aliphatic carbocycles. The Balaban J connectivity index is 1.95. The lowest BCUT2D eigenvalue weighted by Crippen LogP contribution is -2.30. The summed E-state index contributed by atoms with van der Waals surface area (Å²) in [6.07, 6.45) is 3.73. The van der Waals surface area contributed by atoms with Crippen LogP contribution < -0.4 is 10.0 Å². The van der Waals surface area contributed by atoms with Crippen LogP contribution in [0.4, 0.5) is 0 Å². The molecule has 0 radical (unpaired) electrons. The van der Waals surface area contributed by atoms with Gasteiger partial charge in [0.1, 0.15) is 0 Å². The Hall–Kier alpha value is -1.70. The van der Waals surface area contributed by atoms with Crippen LogP contribution in [0.25, 0.3) is 5.69 Å². The summed E-state index contributed by atoms with van der Waals surface area (Å²) >= 11 is 0.